The van der Waals surface area contributed by atoms with E-state index in [9.17, 15) is 4.79 Å². The topological polar surface area (TPSA) is 34.0 Å². The summed E-state index contributed by atoms with van der Waals surface area (Å²) in [5.41, 5.74) is 2.47. The predicted molar refractivity (Wildman–Crippen MR) is 68.9 cm³/mol. The second kappa shape index (κ2) is 5.39. The fourth-order valence-corrected chi connectivity index (χ4v) is 2.64. The third-order valence-electron chi connectivity index (χ3n) is 3.70. The fraction of sp³-hybridized carbons (Fsp3) is 0.643. The molecular weight excluding hydrogens is 212 g/mol. The van der Waals surface area contributed by atoms with E-state index in [0.29, 0.717) is 12.5 Å². The number of carbonyl (C=O) groups is 1. The van der Waals surface area contributed by atoms with Crippen LogP contribution in [-0.2, 0) is 11.3 Å². The molecule has 0 bridgehead atoms. The Labute approximate surface area is 103 Å². The Kier molecular flexibility index (Phi) is 3.87. The molecule has 1 N–H and O–H groups in total. The van der Waals surface area contributed by atoms with E-state index < -0.39 is 0 Å². The third-order valence-corrected chi connectivity index (χ3v) is 3.70. The summed E-state index contributed by atoms with van der Waals surface area (Å²) in [4.78, 5) is 11.8. The molecule has 3 nitrogen and oxygen atoms in total. The first kappa shape index (κ1) is 12.2. The predicted octanol–water partition coefficient (Wildman–Crippen LogP) is 2.55. The van der Waals surface area contributed by atoms with Crippen LogP contribution < -0.4 is 5.32 Å². The van der Waals surface area contributed by atoms with Gasteiger partial charge in [-0.15, -0.1) is 0 Å². The van der Waals surface area contributed by atoms with Crippen LogP contribution in [0.5, 0.6) is 0 Å². The normalized spacial score (nSPS) is 16.4. The lowest BCUT2D eigenvalue weighted by Crippen LogP contribution is -2.33. The number of nitrogens with zero attached hydrogens (tertiary/aromatic N) is 1. The van der Waals surface area contributed by atoms with Crippen molar-refractivity contribution in [2.24, 2.45) is 0 Å². The van der Waals surface area contributed by atoms with Crippen LogP contribution in [0.1, 0.15) is 43.5 Å². The second-order valence-electron chi connectivity index (χ2n) is 5.07. The summed E-state index contributed by atoms with van der Waals surface area (Å²) >= 11 is 0. The maximum Gasteiger partial charge on any atom is 0.222 e. The number of carbonyl (C=O) groups excluding carboxylic acids is 1. The maximum atomic E-state index is 11.8. The van der Waals surface area contributed by atoms with Crippen molar-refractivity contribution in [1.82, 2.24) is 9.88 Å². The lowest BCUT2D eigenvalue weighted by molar-refractivity contribution is -0.122. The SMILES string of the molecule is Cc1ccc(C)n1CCC(=O)NC1CCCC1. The lowest BCUT2D eigenvalue weighted by atomic mass is 10.2. The number of aryl methyl sites for hydroxylation is 2. The van der Waals surface area contributed by atoms with Crippen LogP contribution in [0.3, 0.4) is 0 Å². The molecule has 2 rings (SSSR count). The summed E-state index contributed by atoms with van der Waals surface area (Å²) in [7, 11) is 0. The van der Waals surface area contributed by atoms with Gasteiger partial charge in [-0.3, -0.25) is 4.79 Å². The summed E-state index contributed by atoms with van der Waals surface area (Å²) in [5, 5.41) is 3.13. The highest BCUT2D eigenvalue weighted by Crippen LogP contribution is 2.17. The molecule has 17 heavy (non-hydrogen) atoms. The van der Waals surface area contributed by atoms with Gasteiger partial charge in [0.25, 0.3) is 0 Å². The summed E-state index contributed by atoms with van der Waals surface area (Å²) in [6.07, 6.45) is 5.44. The van der Waals surface area contributed by atoms with Gasteiger partial charge in [0.05, 0.1) is 0 Å². The Morgan fingerprint density at radius 1 is 1.29 bits per heavy atom. The van der Waals surface area contributed by atoms with Gasteiger partial charge in [0.15, 0.2) is 0 Å². The molecule has 1 aromatic rings. The maximum absolute atomic E-state index is 11.8. The van der Waals surface area contributed by atoms with E-state index in [1.54, 1.807) is 0 Å². The molecule has 0 aliphatic heterocycles. The van der Waals surface area contributed by atoms with Crippen LogP contribution in [0.25, 0.3) is 0 Å². The molecule has 1 aromatic heterocycles. The molecule has 94 valence electrons. The molecule has 0 unspecified atom stereocenters. The summed E-state index contributed by atoms with van der Waals surface area (Å²) in [6, 6.07) is 4.64. The summed E-state index contributed by atoms with van der Waals surface area (Å²) in [6.45, 7) is 4.97. The molecule has 1 amide bonds. The van der Waals surface area contributed by atoms with Crippen molar-refractivity contribution in [3.8, 4) is 0 Å². The molecule has 0 atom stereocenters. The molecule has 1 fully saturated rings. The Morgan fingerprint density at radius 2 is 1.88 bits per heavy atom. The van der Waals surface area contributed by atoms with Crippen molar-refractivity contribution < 1.29 is 4.79 Å². The van der Waals surface area contributed by atoms with Gasteiger partial charge in [0, 0.05) is 30.4 Å². The average Bonchev–Trinajstić information content (AvgIpc) is 2.88. The molecule has 1 aliphatic rings. The van der Waals surface area contributed by atoms with Crippen LogP contribution in [0.2, 0.25) is 0 Å². The van der Waals surface area contributed by atoms with Crippen LogP contribution >= 0.6 is 0 Å². The van der Waals surface area contributed by atoms with Gasteiger partial charge >= 0.3 is 0 Å². The van der Waals surface area contributed by atoms with E-state index in [2.05, 4.69) is 35.9 Å². The highest BCUT2D eigenvalue weighted by molar-refractivity contribution is 5.76. The standard InChI is InChI=1S/C14H22N2O/c1-11-7-8-12(2)16(11)10-9-14(17)15-13-5-3-4-6-13/h7-8,13H,3-6,9-10H2,1-2H3,(H,15,17). The van der Waals surface area contributed by atoms with Gasteiger partial charge in [-0.25, -0.2) is 0 Å². The number of hydrogen-bond donors (Lipinski definition) is 1. The number of nitrogens with one attached hydrogen (secondary N) is 1. The number of amides is 1. The Morgan fingerprint density at radius 3 is 2.47 bits per heavy atom. The largest absolute Gasteiger partial charge is 0.353 e. The quantitative estimate of drug-likeness (QED) is 0.853. The minimum atomic E-state index is 0.199. The van der Waals surface area contributed by atoms with E-state index in [1.807, 2.05) is 0 Å². The van der Waals surface area contributed by atoms with Crippen molar-refractivity contribution in [2.75, 3.05) is 0 Å². The van der Waals surface area contributed by atoms with Crippen molar-refractivity contribution >= 4 is 5.91 Å². The van der Waals surface area contributed by atoms with Crippen molar-refractivity contribution in [3.63, 3.8) is 0 Å². The lowest BCUT2D eigenvalue weighted by Gasteiger charge is -2.13. The first-order valence-corrected chi connectivity index (χ1v) is 6.59. The van der Waals surface area contributed by atoms with E-state index in [-0.39, 0.29) is 5.91 Å². The molecule has 1 saturated carbocycles. The van der Waals surface area contributed by atoms with E-state index >= 15 is 0 Å². The van der Waals surface area contributed by atoms with E-state index in [1.165, 1.54) is 24.2 Å². The highest BCUT2D eigenvalue weighted by Gasteiger charge is 2.16. The molecule has 1 aliphatic carbocycles. The zero-order valence-corrected chi connectivity index (χ0v) is 10.8. The molecule has 0 radical (unpaired) electrons. The van der Waals surface area contributed by atoms with Gasteiger partial charge in [-0.2, -0.15) is 0 Å². The van der Waals surface area contributed by atoms with Crippen LogP contribution in [-0.4, -0.2) is 16.5 Å². The Balaban J connectivity index is 1.79. The minimum Gasteiger partial charge on any atom is -0.353 e. The van der Waals surface area contributed by atoms with Crippen molar-refractivity contribution in [2.45, 2.75) is 58.5 Å². The molecule has 1 heterocycles. The molecular formula is C14H22N2O. The Bertz CT molecular complexity index is 369. The number of aromatic nitrogens is 1. The van der Waals surface area contributed by atoms with Gasteiger partial charge in [-0.05, 0) is 38.8 Å². The average molecular weight is 234 g/mol. The van der Waals surface area contributed by atoms with Crippen molar-refractivity contribution in [1.29, 1.82) is 0 Å². The number of rotatable bonds is 4. The highest BCUT2D eigenvalue weighted by atomic mass is 16.1. The molecule has 0 aromatic carbocycles. The van der Waals surface area contributed by atoms with Gasteiger partial charge in [0.1, 0.15) is 0 Å². The first-order chi connectivity index (χ1) is 8.16. The minimum absolute atomic E-state index is 0.199. The number of hydrogen-bond acceptors (Lipinski definition) is 1. The second-order valence-corrected chi connectivity index (χ2v) is 5.07. The van der Waals surface area contributed by atoms with Gasteiger partial charge in [0.2, 0.25) is 5.91 Å². The monoisotopic (exact) mass is 234 g/mol. The van der Waals surface area contributed by atoms with Gasteiger partial charge < -0.3 is 9.88 Å². The zero-order valence-electron chi connectivity index (χ0n) is 10.8. The summed E-state index contributed by atoms with van der Waals surface area (Å²) in [5.74, 6) is 0.199. The zero-order chi connectivity index (χ0) is 12.3. The molecule has 0 saturated heterocycles. The van der Waals surface area contributed by atoms with Crippen LogP contribution in [0, 0.1) is 13.8 Å². The van der Waals surface area contributed by atoms with Crippen LogP contribution in [0.4, 0.5) is 0 Å². The Hall–Kier alpha value is -1.25. The van der Waals surface area contributed by atoms with E-state index in [0.717, 1.165) is 19.4 Å². The fourth-order valence-electron chi connectivity index (χ4n) is 2.64. The van der Waals surface area contributed by atoms with Gasteiger partial charge in [-0.1, -0.05) is 12.8 Å². The molecule has 3 heteroatoms. The smallest absolute Gasteiger partial charge is 0.222 e. The van der Waals surface area contributed by atoms with E-state index in [4.69, 9.17) is 0 Å². The van der Waals surface area contributed by atoms with Crippen molar-refractivity contribution in [3.05, 3.63) is 23.5 Å². The third kappa shape index (κ3) is 3.11. The summed E-state index contributed by atoms with van der Waals surface area (Å²) < 4.78 is 2.20. The first-order valence-electron chi connectivity index (χ1n) is 6.59. The molecule has 0 spiro atoms. The van der Waals surface area contributed by atoms with Crippen LogP contribution in [0.15, 0.2) is 12.1 Å².